The smallest absolute Gasteiger partial charge is 0.209 e. The van der Waals surface area contributed by atoms with E-state index in [1.54, 1.807) is 0 Å². The number of hydrogen-bond donors (Lipinski definition) is 0. The normalized spacial score (nSPS) is 23.5. The van der Waals surface area contributed by atoms with Crippen LogP contribution in [-0.4, -0.2) is 39.0 Å². The largest absolute Gasteiger partial charge is 0.346 e. The molecule has 1 aliphatic rings. The van der Waals surface area contributed by atoms with Crippen LogP contribution in [0.2, 0.25) is 0 Å². The quantitative estimate of drug-likeness (QED) is 0.783. The Kier molecular flexibility index (Phi) is 3.51. The molecule has 0 saturated carbocycles. The van der Waals surface area contributed by atoms with Crippen molar-refractivity contribution in [3.8, 4) is 0 Å². The van der Waals surface area contributed by atoms with Gasteiger partial charge in [-0.25, -0.2) is 0 Å². The second-order valence-corrected chi connectivity index (χ2v) is 6.95. The molecule has 1 unspecified atom stereocenters. The van der Waals surface area contributed by atoms with Gasteiger partial charge in [0.25, 0.3) is 0 Å². The molecule has 2 rings (SSSR count). The fourth-order valence-electron chi connectivity index (χ4n) is 1.36. The molecular weight excluding hydrogens is 286 g/mol. The van der Waals surface area contributed by atoms with Gasteiger partial charge >= 0.3 is 0 Å². The maximum Gasteiger partial charge on any atom is 0.209 e. The second-order valence-electron chi connectivity index (χ2n) is 3.03. The van der Waals surface area contributed by atoms with Crippen molar-refractivity contribution in [3.05, 3.63) is 3.92 Å². The summed E-state index contributed by atoms with van der Waals surface area (Å²) < 4.78 is 12.1. The highest BCUT2D eigenvalue weighted by Crippen LogP contribution is 2.24. The minimum atomic E-state index is -0.642. The van der Waals surface area contributed by atoms with Gasteiger partial charge in [-0.3, -0.25) is 4.21 Å². The first-order chi connectivity index (χ1) is 6.75. The molecule has 14 heavy (non-hydrogen) atoms. The molecule has 4 nitrogen and oxygen atoms in total. The lowest BCUT2D eigenvalue weighted by atomic mass is 10.4. The number of halogens is 1. The van der Waals surface area contributed by atoms with Crippen LogP contribution in [-0.2, 0) is 10.8 Å². The summed E-state index contributed by atoms with van der Waals surface area (Å²) in [4.78, 5) is 2.16. The van der Waals surface area contributed by atoms with Gasteiger partial charge in [0.1, 0.15) is 0 Å². The zero-order chi connectivity index (χ0) is 9.97. The Balaban J connectivity index is 2.07. The van der Waals surface area contributed by atoms with Crippen molar-refractivity contribution in [2.45, 2.75) is 6.42 Å². The van der Waals surface area contributed by atoms with Gasteiger partial charge in [-0.1, -0.05) is 11.3 Å². The van der Waals surface area contributed by atoms with Gasteiger partial charge in [0.2, 0.25) is 5.13 Å². The zero-order valence-corrected chi connectivity index (χ0v) is 10.7. The van der Waals surface area contributed by atoms with E-state index in [0.717, 1.165) is 40.1 Å². The van der Waals surface area contributed by atoms with Crippen LogP contribution in [0.25, 0.3) is 0 Å². The molecule has 7 heteroatoms. The lowest BCUT2D eigenvalue weighted by molar-refractivity contribution is 0.683. The predicted octanol–water partition coefficient (Wildman–Crippen LogP) is 1.26. The van der Waals surface area contributed by atoms with Gasteiger partial charge in [-0.15, -0.1) is 10.2 Å². The average Bonchev–Trinajstić information content (AvgIpc) is 2.46. The Morgan fingerprint density at radius 3 is 2.93 bits per heavy atom. The Hall–Kier alpha value is -0.0100. The van der Waals surface area contributed by atoms with Crippen molar-refractivity contribution in [2.75, 3.05) is 29.5 Å². The highest BCUT2D eigenvalue weighted by atomic mass is 79.9. The van der Waals surface area contributed by atoms with Gasteiger partial charge in [0.05, 0.1) is 0 Å². The third-order valence-electron chi connectivity index (χ3n) is 2.05. The van der Waals surface area contributed by atoms with Crippen molar-refractivity contribution in [1.82, 2.24) is 10.2 Å². The monoisotopic (exact) mass is 295 g/mol. The average molecular weight is 296 g/mol. The third kappa shape index (κ3) is 2.52. The summed E-state index contributed by atoms with van der Waals surface area (Å²) >= 11 is 4.81. The van der Waals surface area contributed by atoms with E-state index in [1.165, 1.54) is 11.3 Å². The molecule has 0 bridgehead atoms. The lowest BCUT2D eigenvalue weighted by Gasteiger charge is -2.16. The maximum absolute atomic E-state index is 11.3. The summed E-state index contributed by atoms with van der Waals surface area (Å²) in [6.45, 7) is 1.77. The Labute approximate surface area is 97.3 Å². The number of nitrogens with zero attached hydrogens (tertiary/aromatic N) is 3. The third-order valence-corrected chi connectivity index (χ3v) is 4.85. The number of aromatic nitrogens is 2. The van der Waals surface area contributed by atoms with Gasteiger partial charge in [0.15, 0.2) is 3.92 Å². The maximum atomic E-state index is 11.3. The Bertz CT molecular complexity index is 343. The zero-order valence-electron chi connectivity index (χ0n) is 7.48. The summed E-state index contributed by atoms with van der Waals surface area (Å²) in [7, 11) is -0.642. The van der Waals surface area contributed by atoms with E-state index in [2.05, 4.69) is 31.0 Å². The molecule has 0 amide bonds. The second kappa shape index (κ2) is 4.67. The molecule has 2 heterocycles. The summed E-state index contributed by atoms with van der Waals surface area (Å²) in [5, 5.41) is 8.89. The molecule has 0 radical (unpaired) electrons. The van der Waals surface area contributed by atoms with E-state index in [9.17, 15) is 4.21 Å². The van der Waals surface area contributed by atoms with Crippen LogP contribution < -0.4 is 4.90 Å². The minimum Gasteiger partial charge on any atom is -0.346 e. The van der Waals surface area contributed by atoms with Crippen molar-refractivity contribution >= 4 is 43.2 Å². The van der Waals surface area contributed by atoms with Gasteiger partial charge in [0, 0.05) is 35.4 Å². The lowest BCUT2D eigenvalue weighted by Crippen LogP contribution is -2.25. The molecule has 1 aromatic heterocycles. The van der Waals surface area contributed by atoms with Crippen LogP contribution >= 0.6 is 27.3 Å². The number of hydrogen-bond acceptors (Lipinski definition) is 5. The molecule has 0 aliphatic carbocycles. The molecular formula is C7H10BrN3OS2. The van der Waals surface area contributed by atoms with E-state index in [4.69, 9.17) is 0 Å². The van der Waals surface area contributed by atoms with E-state index < -0.39 is 10.8 Å². The number of anilines is 1. The SMILES string of the molecule is O=S1CCCN(c2nnc(Br)s2)CC1. The highest BCUT2D eigenvalue weighted by Gasteiger charge is 2.16. The van der Waals surface area contributed by atoms with E-state index in [-0.39, 0.29) is 0 Å². The first-order valence-electron chi connectivity index (χ1n) is 4.34. The van der Waals surface area contributed by atoms with Crippen molar-refractivity contribution in [1.29, 1.82) is 0 Å². The van der Waals surface area contributed by atoms with Crippen molar-refractivity contribution in [3.63, 3.8) is 0 Å². The summed E-state index contributed by atoms with van der Waals surface area (Å²) in [6.07, 6.45) is 0.976. The van der Waals surface area contributed by atoms with E-state index in [0.29, 0.717) is 0 Å². The summed E-state index contributed by atoms with van der Waals surface area (Å²) in [5.41, 5.74) is 0. The van der Waals surface area contributed by atoms with Gasteiger partial charge in [-0.2, -0.15) is 0 Å². The van der Waals surface area contributed by atoms with Gasteiger partial charge < -0.3 is 4.90 Å². The Morgan fingerprint density at radius 1 is 1.36 bits per heavy atom. The van der Waals surface area contributed by atoms with Crippen LogP contribution in [0.15, 0.2) is 3.92 Å². The fourth-order valence-corrected chi connectivity index (χ4v) is 3.58. The van der Waals surface area contributed by atoms with Crippen LogP contribution in [0.5, 0.6) is 0 Å². The number of rotatable bonds is 1. The van der Waals surface area contributed by atoms with E-state index >= 15 is 0 Å². The Morgan fingerprint density at radius 2 is 2.21 bits per heavy atom. The molecule has 1 aliphatic heterocycles. The molecule has 78 valence electrons. The summed E-state index contributed by atoms with van der Waals surface area (Å²) in [6, 6.07) is 0. The van der Waals surface area contributed by atoms with Crippen LogP contribution in [0.4, 0.5) is 5.13 Å². The fraction of sp³-hybridized carbons (Fsp3) is 0.714. The topological polar surface area (TPSA) is 46.1 Å². The first-order valence-corrected chi connectivity index (χ1v) is 7.44. The standard InChI is InChI=1S/C7H10BrN3OS2/c8-6-9-10-7(13-6)11-2-1-4-14(12)5-3-11/h1-5H2. The van der Waals surface area contributed by atoms with Crippen molar-refractivity contribution in [2.24, 2.45) is 0 Å². The van der Waals surface area contributed by atoms with Crippen LogP contribution in [0.1, 0.15) is 6.42 Å². The molecule has 1 fully saturated rings. The molecule has 1 aromatic rings. The van der Waals surface area contributed by atoms with Crippen molar-refractivity contribution < 1.29 is 4.21 Å². The summed E-state index contributed by atoms with van der Waals surface area (Å²) in [5.74, 6) is 1.56. The predicted molar refractivity (Wildman–Crippen MR) is 62.3 cm³/mol. The molecule has 0 N–H and O–H groups in total. The van der Waals surface area contributed by atoms with Crippen LogP contribution in [0, 0.1) is 0 Å². The minimum absolute atomic E-state index is 0.642. The molecule has 0 aromatic carbocycles. The first kappa shape index (κ1) is 10.5. The molecule has 1 saturated heterocycles. The molecule has 1 atom stereocenters. The van der Waals surface area contributed by atoms with Gasteiger partial charge in [-0.05, 0) is 22.4 Å². The van der Waals surface area contributed by atoms with Crippen LogP contribution in [0.3, 0.4) is 0 Å². The van der Waals surface area contributed by atoms with E-state index in [1.807, 2.05) is 0 Å². The molecule has 0 spiro atoms. The highest BCUT2D eigenvalue weighted by molar-refractivity contribution is 9.11.